The summed E-state index contributed by atoms with van der Waals surface area (Å²) in [6.45, 7) is 2.21. The van der Waals surface area contributed by atoms with E-state index in [9.17, 15) is 9.59 Å². The number of carbonyl (C=O) groups is 2. The molecule has 2 heterocycles. The van der Waals surface area contributed by atoms with Gasteiger partial charge in [0, 0.05) is 12.6 Å². The molecule has 7 heteroatoms. The Bertz CT molecular complexity index is 705. The Hall–Kier alpha value is -1.63. The van der Waals surface area contributed by atoms with Crippen LogP contribution < -0.4 is 15.5 Å². The third-order valence-electron chi connectivity index (χ3n) is 6.20. The van der Waals surface area contributed by atoms with Crippen LogP contribution in [0.3, 0.4) is 0 Å². The number of carbonyl (C=O) groups excluding carboxylic acids is 2. The predicted octanol–water partition coefficient (Wildman–Crippen LogP) is 2.39. The summed E-state index contributed by atoms with van der Waals surface area (Å²) in [4.78, 5) is 30.4. The number of hydrogen-bond acceptors (Lipinski definition) is 4. The number of likely N-dealkylation sites (tertiary alicyclic amines) is 1. The lowest BCUT2D eigenvalue weighted by atomic mass is 9.89. The molecule has 1 saturated carbocycles. The molecule has 1 aromatic carbocycles. The molecule has 1 unspecified atom stereocenters. The van der Waals surface area contributed by atoms with Gasteiger partial charge in [0.1, 0.15) is 5.54 Å². The van der Waals surface area contributed by atoms with Gasteiger partial charge in [-0.2, -0.15) is 0 Å². The van der Waals surface area contributed by atoms with Crippen molar-refractivity contribution in [1.82, 2.24) is 10.2 Å². The average Bonchev–Trinajstić information content (AvgIpc) is 3.13. The van der Waals surface area contributed by atoms with Crippen LogP contribution in [0.15, 0.2) is 24.3 Å². The summed E-state index contributed by atoms with van der Waals surface area (Å²) in [7, 11) is 1.98. The Labute approximate surface area is 167 Å². The number of anilines is 2. The Kier molecular flexibility index (Phi) is 6.08. The molecule has 1 atom stereocenters. The number of benzene rings is 1. The molecule has 0 aromatic heterocycles. The van der Waals surface area contributed by atoms with E-state index in [0.717, 1.165) is 63.0 Å². The molecule has 1 saturated heterocycles. The van der Waals surface area contributed by atoms with E-state index in [0.29, 0.717) is 12.6 Å². The smallest absolute Gasteiger partial charge is 0.250 e. The SMILES string of the molecule is CNC1CCCN(CC(=O)N2c3ccccc3NC(=O)C23CCCC3)C1.Cl. The first kappa shape index (κ1) is 20.1. The van der Waals surface area contributed by atoms with Crippen molar-refractivity contribution >= 4 is 35.6 Å². The molecule has 1 aliphatic carbocycles. The monoisotopic (exact) mass is 392 g/mol. The van der Waals surface area contributed by atoms with Crippen molar-refractivity contribution in [2.24, 2.45) is 0 Å². The van der Waals surface area contributed by atoms with Crippen molar-refractivity contribution in [2.45, 2.75) is 50.1 Å². The first-order valence-electron chi connectivity index (χ1n) is 9.77. The summed E-state index contributed by atoms with van der Waals surface area (Å²) in [5.74, 6) is 0.0275. The summed E-state index contributed by atoms with van der Waals surface area (Å²) in [5, 5.41) is 6.37. The standard InChI is InChI=1S/C20H28N4O2.ClH/c1-21-15-7-6-12-23(13-15)14-18(25)24-17-9-3-2-8-16(17)22-19(26)20(24)10-4-5-11-20;/h2-3,8-9,15,21H,4-7,10-14H2,1H3,(H,22,26);1H. The number of likely N-dealkylation sites (N-methyl/N-ethyl adjacent to an activating group) is 1. The lowest BCUT2D eigenvalue weighted by Gasteiger charge is -2.45. The Morgan fingerprint density at radius 3 is 2.74 bits per heavy atom. The number of nitrogens with one attached hydrogen (secondary N) is 2. The Morgan fingerprint density at radius 1 is 1.26 bits per heavy atom. The second-order valence-electron chi connectivity index (χ2n) is 7.80. The zero-order valence-corrected chi connectivity index (χ0v) is 16.7. The summed E-state index contributed by atoms with van der Waals surface area (Å²) >= 11 is 0. The van der Waals surface area contributed by atoms with E-state index in [4.69, 9.17) is 0 Å². The van der Waals surface area contributed by atoms with Gasteiger partial charge in [0.15, 0.2) is 0 Å². The van der Waals surface area contributed by atoms with Gasteiger partial charge in [0.2, 0.25) is 5.91 Å². The van der Waals surface area contributed by atoms with Gasteiger partial charge in [-0.05, 0) is 51.4 Å². The minimum Gasteiger partial charge on any atom is -0.322 e. The molecule has 2 aliphatic heterocycles. The summed E-state index contributed by atoms with van der Waals surface area (Å²) in [5.41, 5.74) is 0.889. The lowest BCUT2D eigenvalue weighted by molar-refractivity contribution is -0.128. The maximum absolute atomic E-state index is 13.4. The average molecular weight is 393 g/mol. The molecule has 3 aliphatic rings. The second kappa shape index (κ2) is 8.17. The van der Waals surface area contributed by atoms with Gasteiger partial charge in [-0.15, -0.1) is 12.4 Å². The van der Waals surface area contributed by atoms with E-state index in [2.05, 4.69) is 15.5 Å². The van der Waals surface area contributed by atoms with Crippen LogP contribution in [0, 0.1) is 0 Å². The van der Waals surface area contributed by atoms with Crippen molar-refractivity contribution in [3.8, 4) is 0 Å². The predicted molar refractivity (Wildman–Crippen MR) is 110 cm³/mol. The van der Waals surface area contributed by atoms with Gasteiger partial charge in [-0.25, -0.2) is 0 Å². The fourth-order valence-corrected chi connectivity index (χ4v) is 4.83. The van der Waals surface area contributed by atoms with Crippen LogP contribution in [0.25, 0.3) is 0 Å². The quantitative estimate of drug-likeness (QED) is 0.829. The molecular weight excluding hydrogens is 364 g/mol. The van der Waals surface area contributed by atoms with Crippen LogP contribution >= 0.6 is 12.4 Å². The molecule has 27 heavy (non-hydrogen) atoms. The van der Waals surface area contributed by atoms with E-state index in [1.54, 1.807) is 0 Å². The van der Waals surface area contributed by atoms with E-state index < -0.39 is 5.54 Å². The lowest BCUT2D eigenvalue weighted by Crippen LogP contribution is -2.62. The highest BCUT2D eigenvalue weighted by Crippen LogP contribution is 2.45. The highest BCUT2D eigenvalue weighted by molar-refractivity contribution is 6.15. The molecule has 0 radical (unpaired) electrons. The van der Waals surface area contributed by atoms with E-state index in [-0.39, 0.29) is 24.2 Å². The second-order valence-corrected chi connectivity index (χ2v) is 7.80. The van der Waals surface area contributed by atoms with Crippen LogP contribution in [0.5, 0.6) is 0 Å². The highest BCUT2D eigenvalue weighted by Gasteiger charge is 2.52. The van der Waals surface area contributed by atoms with Crippen molar-refractivity contribution < 1.29 is 9.59 Å². The zero-order chi connectivity index (χ0) is 18.1. The molecule has 0 bridgehead atoms. The number of rotatable bonds is 3. The molecule has 4 rings (SSSR count). The van der Waals surface area contributed by atoms with Crippen LogP contribution in [0.2, 0.25) is 0 Å². The van der Waals surface area contributed by atoms with Gasteiger partial charge in [0.05, 0.1) is 17.9 Å². The number of hydrogen-bond donors (Lipinski definition) is 2. The topological polar surface area (TPSA) is 64.7 Å². The van der Waals surface area contributed by atoms with E-state index >= 15 is 0 Å². The van der Waals surface area contributed by atoms with Gasteiger partial charge in [-0.1, -0.05) is 25.0 Å². The zero-order valence-electron chi connectivity index (χ0n) is 15.9. The highest BCUT2D eigenvalue weighted by atomic mass is 35.5. The van der Waals surface area contributed by atoms with Crippen molar-refractivity contribution in [1.29, 1.82) is 0 Å². The van der Waals surface area contributed by atoms with Crippen LogP contribution in [-0.2, 0) is 9.59 Å². The molecule has 2 amide bonds. The molecule has 2 N–H and O–H groups in total. The first-order valence-corrected chi connectivity index (χ1v) is 9.77. The fourth-order valence-electron chi connectivity index (χ4n) is 4.83. The number of halogens is 1. The molecule has 1 aromatic rings. The number of nitrogens with zero attached hydrogens (tertiary/aromatic N) is 2. The normalized spacial score (nSPS) is 24.3. The Balaban J connectivity index is 0.00000210. The van der Waals surface area contributed by atoms with Gasteiger partial charge in [-0.3, -0.25) is 19.4 Å². The van der Waals surface area contributed by atoms with Crippen molar-refractivity contribution in [2.75, 3.05) is 36.9 Å². The van der Waals surface area contributed by atoms with E-state index in [1.165, 1.54) is 0 Å². The van der Waals surface area contributed by atoms with Crippen LogP contribution in [0.4, 0.5) is 11.4 Å². The largest absolute Gasteiger partial charge is 0.322 e. The number of para-hydroxylation sites is 2. The van der Waals surface area contributed by atoms with Crippen molar-refractivity contribution in [3.63, 3.8) is 0 Å². The number of amides is 2. The third kappa shape index (κ3) is 3.58. The maximum Gasteiger partial charge on any atom is 0.250 e. The molecule has 6 nitrogen and oxygen atoms in total. The van der Waals surface area contributed by atoms with Crippen LogP contribution in [0.1, 0.15) is 38.5 Å². The summed E-state index contributed by atoms with van der Waals surface area (Å²) in [6.07, 6.45) is 5.73. The van der Waals surface area contributed by atoms with Gasteiger partial charge >= 0.3 is 0 Å². The minimum atomic E-state index is -0.705. The fraction of sp³-hybridized carbons (Fsp3) is 0.600. The maximum atomic E-state index is 13.4. The molecule has 2 fully saturated rings. The van der Waals surface area contributed by atoms with Gasteiger partial charge in [0.25, 0.3) is 5.91 Å². The number of fused-ring (bicyclic) bond motifs is 1. The number of piperidine rings is 1. The van der Waals surface area contributed by atoms with Crippen molar-refractivity contribution in [3.05, 3.63) is 24.3 Å². The molecule has 1 spiro atoms. The molecular formula is C20H29ClN4O2. The molecule has 148 valence electrons. The minimum absolute atomic E-state index is 0. The summed E-state index contributed by atoms with van der Waals surface area (Å²) < 4.78 is 0. The van der Waals surface area contributed by atoms with Gasteiger partial charge < -0.3 is 10.6 Å². The third-order valence-corrected chi connectivity index (χ3v) is 6.20. The summed E-state index contributed by atoms with van der Waals surface area (Å²) in [6, 6.07) is 8.12. The van der Waals surface area contributed by atoms with E-state index in [1.807, 2.05) is 36.2 Å². The van der Waals surface area contributed by atoms with Crippen LogP contribution in [-0.4, -0.2) is 55.0 Å². The first-order chi connectivity index (χ1) is 12.6. The Morgan fingerprint density at radius 2 is 2.00 bits per heavy atom.